The van der Waals surface area contributed by atoms with E-state index in [0.29, 0.717) is 16.0 Å². The summed E-state index contributed by atoms with van der Waals surface area (Å²) in [5.41, 5.74) is 6.29. The third-order valence-electron chi connectivity index (χ3n) is 8.73. The van der Waals surface area contributed by atoms with Crippen molar-refractivity contribution in [3.05, 3.63) is 69.2 Å². The first-order chi connectivity index (χ1) is 18.4. The molecule has 2 aromatic rings. The SMILES string of the molecule is C[C@H](N=C/C(=N\N)C(=O)NC1CC(c2cc(Cl)ccc2C#N)C1)c1ccc2c(c1)CCCCCCC21CC1. The Kier molecular flexibility index (Phi) is 7.85. The number of carbonyl (C=O) groups excluding carboxylic acids is 1. The number of rotatable bonds is 6. The minimum atomic E-state index is -0.330. The molecule has 2 fully saturated rings. The Hall–Kier alpha value is -3.17. The molecule has 3 aliphatic rings. The van der Waals surface area contributed by atoms with Gasteiger partial charge in [-0.2, -0.15) is 10.4 Å². The maximum Gasteiger partial charge on any atom is 0.273 e. The molecule has 7 heteroatoms. The highest BCUT2D eigenvalue weighted by Gasteiger charge is 2.44. The molecule has 5 rings (SSSR count). The van der Waals surface area contributed by atoms with Crippen molar-refractivity contribution in [3.8, 4) is 6.07 Å². The van der Waals surface area contributed by atoms with Gasteiger partial charge >= 0.3 is 0 Å². The second-order valence-corrected chi connectivity index (χ2v) is 11.7. The number of fused-ring (bicyclic) bond motifs is 2. The molecule has 1 amide bonds. The third kappa shape index (κ3) is 5.63. The molecule has 6 nitrogen and oxygen atoms in total. The Morgan fingerprint density at radius 2 is 1.95 bits per heavy atom. The molecule has 0 saturated heterocycles. The summed E-state index contributed by atoms with van der Waals surface area (Å²) in [4.78, 5) is 17.5. The van der Waals surface area contributed by atoms with Gasteiger partial charge in [-0.15, -0.1) is 0 Å². The van der Waals surface area contributed by atoms with Gasteiger partial charge in [-0.1, -0.05) is 49.1 Å². The van der Waals surface area contributed by atoms with Crippen molar-refractivity contribution in [3.63, 3.8) is 0 Å². The first-order valence-corrected chi connectivity index (χ1v) is 14.2. The van der Waals surface area contributed by atoms with Gasteiger partial charge in [-0.05, 0) is 104 Å². The molecule has 0 radical (unpaired) electrons. The van der Waals surface area contributed by atoms with Crippen molar-refractivity contribution in [1.82, 2.24) is 5.32 Å². The van der Waals surface area contributed by atoms with Crippen LogP contribution >= 0.6 is 11.6 Å². The fraction of sp³-hybridized carbons (Fsp3) is 0.484. The van der Waals surface area contributed by atoms with E-state index in [1.54, 1.807) is 17.7 Å². The van der Waals surface area contributed by atoms with E-state index in [9.17, 15) is 10.1 Å². The lowest BCUT2D eigenvalue weighted by Gasteiger charge is -2.36. The lowest BCUT2D eigenvalue weighted by Crippen LogP contribution is -2.46. The summed E-state index contributed by atoms with van der Waals surface area (Å²) in [6.45, 7) is 2.04. The molecule has 0 heterocycles. The number of hydrogen-bond donors (Lipinski definition) is 2. The molecule has 2 saturated carbocycles. The van der Waals surface area contributed by atoms with Crippen LogP contribution < -0.4 is 11.2 Å². The van der Waals surface area contributed by atoms with E-state index in [4.69, 9.17) is 17.4 Å². The largest absolute Gasteiger partial charge is 0.348 e. The summed E-state index contributed by atoms with van der Waals surface area (Å²) >= 11 is 6.13. The van der Waals surface area contributed by atoms with Gasteiger partial charge < -0.3 is 11.2 Å². The lowest BCUT2D eigenvalue weighted by molar-refractivity contribution is -0.115. The van der Waals surface area contributed by atoms with E-state index in [1.165, 1.54) is 56.7 Å². The van der Waals surface area contributed by atoms with Crippen LogP contribution in [0.15, 0.2) is 46.5 Å². The smallest absolute Gasteiger partial charge is 0.273 e. The van der Waals surface area contributed by atoms with Gasteiger partial charge in [0.1, 0.15) is 0 Å². The first kappa shape index (κ1) is 26.4. The monoisotopic (exact) mass is 529 g/mol. The summed E-state index contributed by atoms with van der Waals surface area (Å²) in [5.74, 6) is 5.43. The standard InChI is InChI=1S/C31H36ClN5O/c1-20(21-8-10-28-22(14-21)6-4-2-3-5-11-31(28)12-13-31)35-19-29(37-34)30(38)36-26-15-24(16-26)27-17-25(32)9-7-23(27)18-33/h7-10,14,17,19-20,24,26H,2-6,11-13,15-16,34H2,1H3,(H,36,38)/b35-19?,37-29+/t20-,24?,26?/m0/s1. The second kappa shape index (κ2) is 11.3. The van der Waals surface area contributed by atoms with Crippen molar-refractivity contribution in [2.24, 2.45) is 15.9 Å². The number of nitrogens with one attached hydrogen (secondary N) is 1. The third-order valence-corrected chi connectivity index (χ3v) is 8.96. The Labute approximate surface area is 230 Å². The highest BCUT2D eigenvalue weighted by atomic mass is 35.5. The number of carbonyl (C=O) groups is 1. The number of amides is 1. The molecular weight excluding hydrogens is 494 g/mol. The Bertz CT molecular complexity index is 1300. The maximum absolute atomic E-state index is 12.8. The topological polar surface area (TPSA) is 104 Å². The number of nitriles is 1. The molecule has 38 heavy (non-hydrogen) atoms. The van der Waals surface area contributed by atoms with E-state index in [1.807, 2.05) is 13.0 Å². The van der Waals surface area contributed by atoms with Gasteiger partial charge in [0.25, 0.3) is 5.91 Å². The summed E-state index contributed by atoms with van der Waals surface area (Å²) in [5, 5.41) is 16.7. The maximum atomic E-state index is 12.8. The fourth-order valence-electron chi connectivity index (χ4n) is 6.18. The van der Waals surface area contributed by atoms with Gasteiger partial charge in [0.05, 0.1) is 23.9 Å². The average molecular weight is 530 g/mol. The predicted molar refractivity (Wildman–Crippen MR) is 153 cm³/mol. The number of hydrazone groups is 1. The van der Waals surface area contributed by atoms with Crippen LogP contribution in [0.25, 0.3) is 0 Å². The van der Waals surface area contributed by atoms with Crippen molar-refractivity contribution >= 4 is 29.4 Å². The highest BCUT2D eigenvalue weighted by Crippen LogP contribution is 2.54. The molecular formula is C31H36ClN5O. The zero-order valence-corrected chi connectivity index (χ0v) is 22.8. The van der Waals surface area contributed by atoms with Crippen LogP contribution in [-0.2, 0) is 16.6 Å². The quantitative estimate of drug-likeness (QED) is 0.262. The number of hydrogen-bond acceptors (Lipinski definition) is 5. The van der Waals surface area contributed by atoms with Crippen molar-refractivity contribution in [2.45, 2.75) is 94.5 Å². The molecule has 3 N–H and O–H groups in total. The number of aryl methyl sites for hydroxylation is 1. The average Bonchev–Trinajstić information content (AvgIpc) is 3.67. The van der Waals surface area contributed by atoms with Crippen LogP contribution in [0.3, 0.4) is 0 Å². The van der Waals surface area contributed by atoms with Gasteiger partial charge in [-0.3, -0.25) is 9.79 Å². The van der Waals surface area contributed by atoms with Gasteiger partial charge in [0.2, 0.25) is 0 Å². The van der Waals surface area contributed by atoms with Gasteiger partial charge in [-0.25, -0.2) is 0 Å². The first-order valence-electron chi connectivity index (χ1n) is 13.9. The summed E-state index contributed by atoms with van der Waals surface area (Å²) in [6, 6.07) is 14.3. The second-order valence-electron chi connectivity index (χ2n) is 11.3. The molecule has 0 aliphatic heterocycles. The van der Waals surface area contributed by atoms with Gasteiger partial charge in [0.15, 0.2) is 5.71 Å². The highest BCUT2D eigenvalue weighted by molar-refractivity contribution is 6.60. The van der Waals surface area contributed by atoms with E-state index >= 15 is 0 Å². The number of nitrogens with two attached hydrogens (primary N) is 1. The summed E-state index contributed by atoms with van der Waals surface area (Å²) < 4.78 is 0. The van der Waals surface area contributed by atoms with Crippen LogP contribution in [0, 0.1) is 11.3 Å². The van der Waals surface area contributed by atoms with Crippen LogP contribution in [0.4, 0.5) is 0 Å². The number of benzene rings is 2. The normalized spacial score (nSPS) is 23.3. The van der Waals surface area contributed by atoms with E-state index in [2.05, 4.69) is 39.7 Å². The van der Waals surface area contributed by atoms with E-state index in [0.717, 1.165) is 30.4 Å². The number of aliphatic imine (C=N–C) groups is 1. The van der Waals surface area contributed by atoms with E-state index < -0.39 is 0 Å². The molecule has 0 aromatic heterocycles. The Balaban J connectivity index is 1.20. The number of halogens is 1. The van der Waals surface area contributed by atoms with Crippen molar-refractivity contribution in [1.29, 1.82) is 5.26 Å². The molecule has 1 spiro atoms. The fourth-order valence-corrected chi connectivity index (χ4v) is 6.36. The van der Waals surface area contributed by atoms with Crippen LogP contribution in [0.5, 0.6) is 0 Å². The van der Waals surface area contributed by atoms with Crippen LogP contribution in [-0.4, -0.2) is 23.9 Å². The zero-order valence-electron chi connectivity index (χ0n) is 22.0. The summed E-state index contributed by atoms with van der Waals surface area (Å²) in [6.07, 6.45) is 13.3. The van der Waals surface area contributed by atoms with Crippen LogP contribution in [0.2, 0.25) is 5.02 Å². The molecule has 2 aromatic carbocycles. The molecule has 0 bridgehead atoms. The minimum absolute atomic E-state index is 0.00640. The lowest BCUT2D eigenvalue weighted by atomic mass is 9.74. The van der Waals surface area contributed by atoms with Crippen LogP contribution in [0.1, 0.15) is 104 Å². The van der Waals surface area contributed by atoms with Crippen molar-refractivity contribution in [2.75, 3.05) is 0 Å². The Morgan fingerprint density at radius 1 is 1.16 bits per heavy atom. The van der Waals surface area contributed by atoms with Crippen molar-refractivity contribution < 1.29 is 4.79 Å². The number of nitrogens with zero attached hydrogens (tertiary/aromatic N) is 3. The molecule has 1 atom stereocenters. The van der Waals surface area contributed by atoms with Gasteiger partial charge in [0, 0.05) is 11.1 Å². The predicted octanol–water partition coefficient (Wildman–Crippen LogP) is 6.26. The molecule has 198 valence electrons. The minimum Gasteiger partial charge on any atom is -0.348 e. The molecule has 0 unspecified atom stereocenters. The zero-order chi connectivity index (χ0) is 26.7. The summed E-state index contributed by atoms with van der Waals surface area (Å²) in [7, 11) is 0. The van der Waals surface area contributed by atoms with E-state index in [-0.39, 0.29) is 29.6 Å². The Morgan fingerprint density at radius 3 is 2.68 bits per heavy atom. The molecule has 3 aliphatic carbocycles.